The monoisotopic (exact) mass is 1140 g/mol. The topological polar surface area (TPSA) is 33.6 Å². The van der Waals surface area contributed by atoms with Gasteiger partial charge in [-0.25, -0.2) is 0 Å². The molecule has 11 aromatic carbocycles. The Morgan fingerprint density at radius 3 is 0.977 bits per heavy atom. The van der Waals surface area contributed by atoms with Gasteiger partial charge in [0.25, 0.3) is 0 Å². The molecule has 0 amide bonds. The second-order valence-corrected chi connectivity index (χ2v) is 23.5. The molecule has 0 aliphatic heterocycles. The third kappa shape index (κ3) is 10.1. The van der Waals surface area contributed by atoms with Crippen molar-refractivity contribution in [1.82, 2.24) is 9.13 Å². The summed E-state index contributed by atoms with van der Waals surface area (Å²) in [7, 11) is 0. The molecule has 2 heterocycles. The molecule has 0 saturated carbocycles. The minimum Gasteiger partial charge on any atom is -0.309 e. The lowest BCUT2D eigenvalue weighted by Crippen LogP contribution is -2.11. The van der Waals surface area contributed by atoms with Crippen LogP contribution in [-0.2, 0) is 12.4 Å². The van der Waals surface area contributed by atoms with Crippen molar-refractivity contribution in [3.05, 3.63) is 261 Å². The summed E-state index contributed by atoms with van der Waals surface area (Å²) in [5, 5.41) is 14.5. The SMILES string of the molecule is Cc1cc(C)cc(-c2ccc3c(c2)c2cc(-c4cc(C)cc(C)c4)ccc2n3-c2ccc(-c3cc(C(F)(F)F)cc(C(F)(F)F)c3)c(-c3cc(C#N)ccc3-n3c4ccc(-c5cc(C)cc(C)c5)cc4c4cc(-c5cc(C)cc(C)c5)ccc43)c2)c1. The highest BCUT2D eigenvalue weighted by atomic mass is 19.4. The third-order valence-electron chi connectivity index (χ3n) is 16.6. The van der Waals surface area contributed by atoms with Crippen molar-refractivity contribution in [3.8, 4) is 84.2 Å². The summed E-state index contributed by atoms with van der Waals surface area (Å²) in [6.07, 6.45) is -10.2. The summed E-state index contributed by atoms with van der Waals surface area (Å²) in [4.78, 5) is 0. The van der Waals surface area contributed by atoms with Crippen molar-refractivity contribution in [2.75, 3.05) is 0 Å². The fraction of sp³-hybridized carbons (Fsp3) is 0.130. The first-order chi connectivity index (χ1) is 41.0. The van der Waals surface area contributed by atoms with E-state index in [1.165, 1.54) is 0 Å². The predicted molar refractivity (Wildman–Crippen MR) is 340 cm³/mol. The van der Waals surface area contributed by atoms with Crippen LogP contribution >= 0.6 is 0 Å². The highest BCUT2D eigenvalue weighted by Crippen LogP contribution is 2.47. The normalized spacial score (nSPS) is 12.1. The molecule has 0 atom stereocenters. The molecule has 0 aliphatic rings. The number of halogens is 6. The van der Waals surface area contributed by atoms with Gasteiger partial charge in [-0.1, -0.05) is 148 Å². The molecule has 86 heavy (non-hydrogen) atoms. The maximum absolute atomic E-state index is 15.0. The molecule has 3 nitrogen and oxygen atoms in total. The second-order valence-electron chi connectivity index (χ2n) is 23.5. The Hall–Kier alpha value is -9.91. The van der Waals surface area contributed by atoms with E-state index in [0.717, 1.165) is 145 Å². The molecule has 0 N–H and O–H groups in total. The van der Waals surface area contributed by atoms with Gasteiger partial charge in [-0.3, -0.25) is 0 Å². The maximum atomic E-state index is 15.0. The minimum absolute atomic E-state index is 0.103. The van der Waals surface area contributed by atoms with E-state index in [0.29, 0.717) is 22.5 Å². The first kappa shape index (κ1) is 55.3. The summed E-state index contributed by atoms with van der Waals surface area (Å²) in [6, 6.07) is 65.7. The number of nitriles is 1. The van der Waals surface area contributed by atoms with Crippen LogP contribution in [-0.4, -0.2) is 9.13 Å². The van der Waals surface area contributed by atoms with E-state index >= 15 is 0 Å². The number of aryl methyl sites for hydroxylation is 8. The zero-order chi connectivity index (χ0) is 60.2. The number of aromatic nitrogens is 2. The van der Waals surface area contributed by atoms with E-state index in [9.17, 15) is 31.6 Å². The zero-order valence-electron chi connectivity index (χ0n) is 48.7. The summed E-state index contributed by atoms with van der Waals surface area (Å²) >= 11 is 0. The zero-order valence-corrected chi connectivity index (χ0v) is 48.7. The Morgan fingerprint density at radius 2 is 0.640 bits per heavy atom. The fourth-order valence-electron chi connectivity index (χ4n) is 13.1. The number of alkyl halides is 6. The van der Waals surface area contributed by atoms with E-state index in [1.807, 2.05) is 12.1 Å². The summed E-state index contributed by atoms with van der Waals surface area (Å²) < 4.78 is 94.0. The molecule has 422 valence electrons. The number of hydrogen-bond donors (Lipinski definition) is 0. The van der Waals surface area contributed by atoms with E-state index in [2.05, 4.69) is 216 Å². The molecule has 0 fully saturated rings. The Morgan fingerprint density at radius 1 is 0.291 bits per heavy atom. The predicted octanol–water partition coefficient (Wildman–Crippen LogP) is 22.3. The maximum Gasteiger partial charge on any atom is 0.416 e. The van der Waals surface area contributed by atoms with Crippen LogP contribution in [0.25, 0.3) is 122 Å². The largest absolute Gasteiger partial charge is 0.416 e. The van der Waals surface area contributed by atoms with Gasteiger partial charge in [0.1, 0.15) is 0 Å². The van der Waals surface area contributed by atoms with E-state index in [-0.39, 0.29) is 22.8 Å². The van der Waals surface area contributed by atoms with Crippen molar-refractivity contribution >= 4 is 43.6 Å². The Balaban J connectivity index is 1.12. The van der Waals surface area contributed by atoms with Gasteiger partial charge in [-0.2, -0.15) is 31.6 Å². The molecule has 0 radical (unpaired) electrons. The number of rotatable bonds is 8. The lowest BCUT2D eigenvalue weighted by Gasteiger charge is -2.21. The Labute approximate surface area is 495 Å². The molecule has 0 saturated heterocycles. The van der Waals surface area contributed by atoms with Crippen molar-refractivity contribution in [3.63, 3.8) is 0 Å². The molecule has 0 bridgehead atoms. The van der Waals surface area contributed by atoms with Crippen molar-refractivity contribution in [1.29, 1.82) is 5.26 Å². The van der Waals surface area contributed by atoms with Gasteiger partial charge in [-0.05, 0) is 214 Å². The number of hydrogen-bond acceptors (Lipinski definition) is 1. The quantitative estimate of drug-likeness (QED) is 0.140. The third-order valence-corrected chi connectivity index (χ3v) is 16.6. The van der Waals surface area contributed by atoms with Gasteiger partial charge < -0.3 is 9.13 Å². The van der Waals surface area contributed by atoms with E-state index in [4.69, 9.17) is 0 Å². The first-order valence-corrected chi connectivity index (χ1v) is 28.5. The van der Waals surface area contributed by atoms with Gasteiger partial charge >= 0.3 is 12.4 Å². The van der Waals surface area contributed by atoms with E-state index < -0.39 is 23.5 Å². The second kappa shape index (κ2) is 20.7. The molecule has 0 unspecified atom stereocenters. The first-order valence-electron chi connectivity index (χ1n) is 28.5. The van der Waals surface area contributed by atoms with Gasteiger partial charge in [0.2, 0.25) is 0 Å². The molecule has 0 spiro atoms. The van der Waals surface area contributed by atoms with Crippen molar-refractivity contribution in [2.24, 2.45) is 0 Å². The van der Waals surface area contributed by atoms with Gasteiger partial charge in [-0.15, -0.1) is 0 Å². The van der Waals surface area contributed by atoms with Crippen molar-refractivity contribution in [2.45, 2.75) is 67.7 Å². The Bertz CT molecular complexity index is 4690. The molecule has 0 aliphatic carbocycles. The van der Waals surface area contributed by atoms with Gasteiger partial charge in [0, 0.05) is 32.8 Å². The van der Waals surface area contributed by atoms with Crippen LogP contribution in [0.2, 0.25) is 0 Å². The van der Waals surface area contributed by atoms with Crippen LogP contribution < -0.4 is 0 Å². The summed E-state index contributed by atoms with van der Waals surface area (Å²) in [6.45, 7) is 16.6. The smallest absolute Gasteiger partial charge is 0.309 e. The van der Waals surface area contributed by atoms with Gasteiger partial charge in [0.05, 0.1) is 50.5 Å². The average molecular weight is 1140 g/mol. The lowest BCUT2D eigenvalue weighted by atomic mass is 9.90. The van der Waals surface area contributed by atoms with Crippen LogP contribution in [0.5, 0.6) is 0 Å². The summed E-state index contributed by atoms with van der Waals surface area (Å²) in [5.41, 5.74) is 19.5. The van der Waals surface area contributed by atoms with Crippen LogP contribution in [0, 0.1) is 66.7 Å². The van der Waals surface area contributed by atoms with Crippen LogP contribution in [0.4, 0.5) is 26.3 Å². The lowest BCUT2D eigenvalue weighted by molar-refractivity contribution is -0.143. The molecule has 9 heteroatoms. The van der Waals surface area contributed by atoms with Gasteiger partial charge in [0.15, 0.2) is 0 Å². The Kier molecular flexibility index (Phi) is 13.3. The van der Waals surface area contributed by atoms with Crippen LogP contribution in [0.3, 0.4) is 0 Å². The molecule has 13 aromatic rings. The summed E-state index contributed by atoms with van der Waals surface area (Å²) in [5.74, 6) is 0. The fourth-order valence-corrected chi connectivity index (χ4v) is 13.1. The highest BCUT2D eigenvalue weighted by molar-refractivity contribution is 6.14. The van der Waals surface area contributed by atoms with Crippen LogP contribution in [0.1, 0.15) is 61.2 Å². The standard InChI is InChI=1S/C77H57F6N3/c1-43-21-44(2)26-56(25-43)52-10-17-71-67(36-52)68-37-53(57-27-45(3)22-46(4)28-57)11-18-72(68)85(71)63-14-15-64(60-34-61(76(78,79)80)40-62(35-60)77(81,82)83)65(41-63)66-33-51(42-84)9-16-73(66)86-74-19-12-54(58-29-47(5)23-48(6)30-58)38-69(74)70-39-55(13-20-75(70)86)59-31-49(7)24-50(8)32-59/h9-41H,1-8H3. The number of fused-ring (bicyclic) bond motifs is 6. The van der Waals surface area contributed by atoms with Crippen LogP contribution in [0.15, 0.2) is 200 Å². The molecular weight excluding hydrogens is 1080 g/mol. The highest BCUT2D eigenvalue weighted by Gasteiger charge is 2.37. The van der Waals surface area contributed by atoms with E-state index in [1.54, 1.807) is 24.3 Å². The molecule has 2 aromatic heterocycles. The van der Waals surface area contributed by atoms with Crippen molar-refractivity contribution < 1.29 is 26.3 Å². The minimum atomic E-state index is -5.12. The average Bonchev–Trinajstić information content (AvgIpc) is 1.59. The number of nitrogens with zero attached hydrogens (tertiary/aromatic N) is 3. The molecule has 13 rings (SSSR count). The number of benzene rings is 11. The molecular formula is C77H57F6N3.